The summed E-state index contributed by atoms with van der Waals surface area (Å²) in [5, 5.41) is 9.79. The Morgan fingerprint density at radius 2 is 1.94 bits per heavy atom. The van der Waals surface area contributed by atoms with Gasteiger partial charge >= 0.3 is 12.3 Å². The van der Waals surface area contributed by atoms with Gasteiger partial charge in [0.2, 0.25) is 0 Å². The molecule has 2 aromatic rings. The molecule has 1 aliphatic rings. The minimum Gasteiger partial charge on any atom is -0.469 e. The molecule has 1 N–H and O–H groups in total. The Kier molecular flexibility index (Phi) is 7.30. The SMILES string of the molecule is CCC(c1cccn1-c1ccc(OC(F)(F)F)cc1CO)C1CCC(C(=O)OC)CC1. The van der Waals surface area contributed by atoms with E-state index in [-0.39, 0.29) is 23.6 Å². The van der Waals surface area contributed by atoms with Crippen LogP contribution in [0.5, 0.6) is 5.75 Å². The van der Waals surface area contributed by atoms with E-state index < -0.39 is 13.0 Å². The lowest BCUT2D eigenvalue weighted by Crippen LogP contribution is -2.26. The first-order chi connectivity index (χ1) is 14.8. The van der Waals surface area contributed by atoms with Crippen molar-refractivity contribution in [2.45, 2.75) is 57.9 Å². The van der Waals surface area contributed by atoms with E-state index in [1.807, 2.05) is 22.9 Å². The molecule has 1 unspecified atom stereocenters. The van der Waals surface area contributed by atoms with Crippen LogP contribution in [0.25, 0.3) is 5.69 Å². The summed E-state index contributed by atoms with van der Waals surface area (Å²) in [6, 6.07) is 7.93. The van der Waals surface area contributed by atoms with Gasteiger partial charge < -0.3 is 19.1 Å². The average Bonchev–Trinajstić information content (AvgIpc) is 3.22. The Hall–Kier alpha value is -2.48. The summed E-state index contributed by atoms with van der Waals surface area (Å²) in [4.78, 5) is 11.8. The van der Waals surface area contributed by atoms with Crippen LogP contribution in [0.1, 0.15) is 56.2 Å². The fraction of sp³-hybridized carbons (Fsp3) is 0.522. The van der Waals surface area contributed by atoms with E-state index in [1.54, 1.807) is 0 Å². The molecule has 1 saturated carbocycles. The Bertz CT molecular complexity index is 885. The van der Waals surface area contributed by atoms with E-state index in [9.17, 15) is 23.1 Å². The third kappa shape index (κ3) is 5.42. The van der Waals surface area contributed by atoms with Crippen LogP contribution in [0, 0.1) is 11.8 Å². The molecule has 0 spiro atoms. The summed E-state index contributed by atoms with van der Waals surface area (Å²) in [6.45, 7) is 1.70. The van der Waals surface area contributed by atoms with Crippen LogP contribution in [-0.2, 0) is 16.1 Å². The fourth-order valence-corrected chi connectivity index (χ4v) is 4.74. The van der Waals surface area contributed by atoms with Gasteiger partial charge in [-0.2, -0.15) is 0 Å². The number of carbonyl (C=O) groups is 1. The first-order valence-corrected chi connectivity index (χ1v) is 10.5. The molecule has 0 saturated heterocycles. The average molecular weight is 439 g/mol. The van der Waals surface area contributed by atoms with Gasteiger partial charge in [-0.1, -0.05) is 6.92 Å². The fourth-order valence-electron chi connectivity index (χ4n) is 4.74. The monoisotopic (exact) mass is 439 g/mol. The Balaban J connectivity index is 1.85. The quantitative estimate of drug-likeness (QED) is 0.592. The van der Waals surface area contributed by atoms with Gasteiger partial charge in [-0.15, -0.1) is 13.2 Å². The van der Waals surface area contributed by atoms with Gasteiger partial charge in [0.05, 0.1) is 25.3 Å². The predicted octanol–water partition coefficient (Wildman–Crippen LogP) is 5.34. The van der Waals surface area contributed by atoms with Crippen molar-refractivity contribution in [2.75, 3.05) is 7.11 Å². The van der Waals surface area contributed by atoms with Crippen molar-refractivity contribution in [3.63, 3.8) is 0 Å². The number of aromatic nitrogens is 1. The van der Waals surface area contributed by atoms with Crippen LogP contribution in [-0.4, -0.2) is 29.1 Å². The van der Waals surface area contributed by atoms with Crippen LogP contribution < -0.4 is 4.74 Å². The number of ether oxygens (including phenoxy) is 2. The number of hydrogen-bond acceptors (Lipinski definition) is 4. The maximum absolute atomic E-state index is 12.6. The van der Waals surface area contributed by atoms with Gasteiger partial charge in [0.1, 0.15) is 5.75 Å². The summed E-state index contributed by atoms with van der Waals surface area (Å²) < 4.78 is 48.5. The number of benzene rings is 1. The summed E-state index contributed by atoms with van der Waals surface area (Å²) in [5.41, 5.74) is 2.02. The van der Waals surface area contributed by atoms with Crippen molar-refractivity contribution in [2.24, 2.45) is 11.8 Å². The molecule has 1 aromatic carbocycles. The van der Waals surface area contributed by atoms with Gasteiger partial charge in [0.25, 0.3) is 0 Å². The first-order valence-electron chi connectivity index (χ1n) is 10.5. The lowest BCUT2D eigenvalue weighted by molar-refractivity contribution is -0.274. The number of alkyl halides is 3. The standard InChI is InChI=1S/C23H28F3NO4/c1-3-19(15-6-8-16(9-7-15)22(29)30-2)21-5-4-12-27(21)20-11-10-18(13-17(20)14-28)31-23(24,25)26/h4-5,10-13,15-16,19,28H,3,6-9,14H2,1-2H3. The van der Waals surface area contributed by atoms with Crippen molar-refractivity contribution < 1.29 is 32.5 Å². The number of aliphatic hydroxyl groups excluding tert-OH is 1. The zero-order chi connectivity index (χ0) is 22.6. The lowest BCUT2D eigenvalue weighted by atomic mass is 9.74. The minimum absolute atomic E-state index is 0.0484. The van der Waals surface area contributed by atoms with Crippen molar-refractivity contribution in [3.8, 4) is 11.4 Å². The normalized spacial score (nSPS) is 20.3. The van der Waals surface area contributed by atoms with Gasteiger partial charge in [-0.25, -0.2) is 0 Å². The molecule has 0 aliphatic heterocycles. The summed E-state index contributed by atoms with van der Waals surface area (Å²) in [7, 11) is 1.42. The zero-order valence-corrected chi connectivity index (χ0v) is 17.7. The molecule has 0 bridgehead atoms. The number of methoxy groups -OCH3 is 1. The first kappa shape index (κ1) is 23.2. The molecule has 1 heterocycles. The molecule has 3 rings (SSSR count). The van der Waals surface area contributed by atoms with Crippen LogP contribution in [0.2, 0.25) is 0 Å². The van der Waals surface area contributed by atoms with Crippen LogP contribution in [0.15, 0.2) is 36.5 Å². The van der Waals surface area contributed by atoms with Gasteiger partial charge in [0.15, 0.2) is 0 Å². The number of hydrogen-bond donors (Lipinski definition) is 1. The van der Waals surface area contributed by atoms with Crippen molar-refractivity contribution in [3.05, 3.63) is 47.8 Å². The molecular formula is C23H28F3NO4. The van der Waals surface area contributed by atoms with E-state index in [0.717, 1.165) is 37.8 Å². The Morgan fingerprint density at radius 1 is 1.23 bits per heavy atom. The summed E-state index contributed by atoms with van der Waals surface area (Å²) in [6.07, 6.45) is 1.37. The number of halogens is 3. The molecule has 1 aromatic heterocycles. The highest BCUT2D eigenvalue weighted by Gasteiger charge is 2.33. The van der Waals surface area contributed by atoms with Crippen molar-refractivity contribution in [1.82, 2.24) is 4.57 Å². The molecular weight excluding hydrogens is 411 g/mol. The number of esters is 1. The molecule has 31 heavy (non-hydrogen) atoms. The molecule has 1 fully saturated rings. The highest BCUT2D eigenvalue weighted by Crippen LogP contribution is 2.41. The molecule has 0 radical (unpaired) electrons. The molecule has 5 nitrogen and oxygen atoms in total. The zero-order valence-electron chi connectivity index (χ0n) is 17.7. The summed E-state index contributed by atoms with van der Waals surface area (Å²) in [5.74, 6) is 0.0646. The van der Waals surface area contributed by atoms with E-state index in [2.05, 4.69) is 11.7 Å². The highest BCUT2D eigenvalue weighted by atomic mass is 19.4. The third-order valence-corrected chi connectivity index (χ3v) is 6.19. The smallest absolute Gasteiger partial charge is 0.469 e. The molecule has 8 heteroatoms. The van der Waals surface area contributed by atoms with Crippen LogP contribution in [0.4, 0.5) is 13.2 Å². The topological polar surface area (TPSA) is 60.7 Å². The maximum Gasteiger partial charge on any atom is 0.573 e. The largest absolute Gasteiger partial charge is 0.573 e. The maximum atomic E-state index is 12.6. The van der Waals surface area contributed by atoms with E-state index >= 15 is 0 Å². The third-order valence-electron chi connectivity index (χ3n) is 6.19. The number of nitrogens with zero attached hydrogens (tertiary/aromatic N) is 1. The van der Waals surface area contributed by atoms with E-state index in [4.69, 9.17) is 4.74 Å². The number of aliphatic hydroxyl groups is 1. The van der Waals surface area contributed by atoms with Crippen LogP contribution in [0.3, 0.4) is 0 Å². The number of rotatable bonds is 7. The molecule has 1 aliphatic carbocycles. The number of carbonyl (C=O) groups excluding carboxylic acids is 1. The van der Waals surface area contributed by atoms with Gasteiger partial charge in [0, 0.05) is 23.4 Å². The molecule has 1 atom stereocenters. The second-order valence-electron chi connectivity index (χ2n) is 7.95. The second kappa shape index (κ2) is 9.77. The Morgan fingerprint density at radius 3 is 2.52 bits per heavy atom. The summed E-state index contributed by atoms with van der Waals surface area (Å²) >= 11 is 0. The minimum atomic E-state index is -4.79. The molecule has 170 valence electrons. The van der Waals surface area contributed by atoms with Crippen molar-refractivity contribution in [1.29, 1.82) is 0 Å². The van der Waals surface area contributed by atoms with Gasteiger partial charge in [-0.3, -0.25) is 4.79 Å². The van der Waals surface area contributed by atoms with Gasteiger partial charge in [-0.05, 0) is 68.4 Å². The lowest BCUT2D eigenvalue weighted by Gasteiger charge is -2.33. The van der Waals surface area contributed by atoms with E-state index in [0.29, 0.717) is 17.2 Å². The van der Waals surface area contributed by atoms with Crippen molar-refractivity contribution >= 4 is 5.97 Å². The second-order valence-corrected chi connectivity index (χ2v) is 7.95. The highest BCUT2D eigenvalue weighted by molar-refractivity contribution is 5.72. The Labute approximate surface area is 179 Å². The predicted molar refractivity (Wildman–Crippen MR) is 109 cm³/mol. The molecule has 0 amide bonds. The van der Waals surface area contributed by atoms with Crippen LogP contribution >= 0.6 is 0 Å². The van der Waals surface area contributed by atoms with E-state index in [1.165, 1.54) is 25.3 Å².